The van der Waals surface area contributed by atoms with E-state index in [1.165, 1.54) is 20.4 Å². The fourth-order valence-corrected chi connectivity index (χ4v) is 12.2. The van der Waals surface area contributed by atoms with E-state index in [1.807, 2.05) is 94.2 Å². The molecule has 2 aromatic rings. The van der Waals surface area contributed by atoms with Crippen molar-refractivity contribution in [3.63, 3.8) is 0 Å². The van der Waals surface area contributed by atoms with Crippen LogP contribution in [-0.2, 0) is 65.4 Å². The van der Waals surface area contributed by atoms with Crippen LogP contribution in [-0.4, -0.2) is 203 Å². The van der Waals surface area contributed by atoms with Crippen molar-refractivity contribution in [1.29, 1.82) is 0 Å². The Hall–Kier alpha value is -2.95. The summed E-state index contributed by atoms with van der Waals surface area (Å²) in [6.45, 7) is 20.1. The summed E-state index contributed by atoms with van der Waals surface area (Å²) in [5.41, 5.74) is -3.91. The van der Waals surface area contributed by atoms with Crippen molar-refractivity contribution in [2.24, 2.45) is 17.8 Å². The maximum atomic E-state index is 14.5. The third kappa shape index (κ3) is 15.7. The van der Waals surface area contributed by atoms with Gasteiger partial charge in [0, 0.05) is 76.4 Å². The molecular weight excluding hydrogens is 1120 g/mol. The normalized spacial score (nSPS) is 37.2. The lowest BCUT2D eigenvalue weighted by Crippen LogP contribution is -2.61. The van der Waals surface area contributed by atoms with Crippen LogP contribution in [0.15, 0.2) is 29.2 Å². The van der Waals surface area contributed by atoms with E-state index in [2.05, 4.69) is 5.32 Å². The Labute approximate surface area is 467 Å². The summed E-state index contributed by atoms with van der Waals surface area (Å²) in [6.07, 6.45) is -6.06. The maximum Gasteiger partial charge on any atom is 0.341 e. The average molecular weight is 1210 g/mol. The zero-order valence-corrected chi connectivity index (χ0v) is 50.0. The summed E-state index contributed by atoms with van der Waals surface area (Å²) in [6, 6.07) is 4.60. The van der Waals surface area contributed by atoms with Gasteiger partial charge in [0.1, 0.15) is 29.0 Å². The molecule has 1 aromatic heterocycles. The van der Waals surface area contributed by atoms with Crippen LogP contribution >= 0.6 is 22.6 Å². The highest BCUT2D eigenvalue weighted by Gasteiger charge is 2.54. The van der Waals surface area contributed by atoms with Crippen LogP contribution in [0.2, 0.25) is 0 Å². The Morgan fingerprint density at radius 3 is 2.27 bits per heavy atom. The topological polar surface area (TPSA) is 256 Å². The molecule has 0 amide bonds. The fraction of sp³-hybridized carbons (Fsp3) is 0.782. The quantitative estimate of drug-likeness (QED) is 0.0603. The molecule has 0 spiro atoms. The number of carbonyl (C=O) groups is 3. The third-order valence-corrected chi connectivity index (χ3v) is 17.5. The molecule has 1 aromatic carbocycles. The molecule has 438 valence electrons. The number of hydrogen-bond acceptors (Lipinski definition) is 19. The molecule has 3 aliphatic rings. The summed E-state index contributed by atoms with van der Waals surface area (Å²) < 4.78 is 57.2. The largest absolute Gasteiger partial charge is 0.477 e. The number of fused-ring (bicyclic) bond motifs is 1. The minimum absolute atomic E-state index is 0.0148. The van der Waals surface area contributed by atoms with Gasteiger partial charge in [0.15, 0.2) is 22.8 Å². The molecule has 3 saturated heterocycles. The van der Waals surface area contributed by atoms with Crippen molar-refractivity contribution >= 4 is 51.4 Å². The van der Waals surface area contributed by atoms with Crippen molar-refractivity contribution in [3.8, 4) is 0 Å². The zero-order chi connectivity index (χ0) is 57.5. The van der Waals surface area contributed by atoms with Gasteiger partial charge in [0.25, 0.3) is 0 Å². The number of pyridine rings is 1. The van der Waals surface area contributed by atoms with E-state index in [0.29, 0.717) is 42.5 Å². The molecule has 0 radical (unpaired) electrons. The summed E-state index contributed by atoms with van der Waals surface area (Å²) in [5, 5.41) is 49.6. The number of cyclic esters (lactones) is 1. The number of rotatable bonds is 18. The first-order chi connectivity index (χ1) is 36.0. The average Bonchev–Trinajstić information content (AvgIpc) is 3.35. The van der Waals surface area contributed by atoms with Gasteiger partial charge in [-0.1, -0.05) is 19.9 Å². The first-order valence-corrected chi connectivity index (χ1v) is 28.2. The Morgan fingerprint density at radius 1 is 0.961 bits per heavy atom. The molecule has 77 heavy (non-hydrogen) atoms. The SMILES string of the molecule is CCn1cc(C(=O)O)c(=O)c2cc(COCCNCCC(=O)O[C@H]3[C@H](C)OC(O[C@H]4C(C)[C@@H](OC5O[C@H](C)C[C@H](N(C)C)[C@H]5O)[C@](C)(O)C[C@@H](C)CN(C)[C@H](C)[C@@H](OC)[C@](C)(O)[C@@H](I)OC(=O)[C@@H]4C)C[C@@]3(C)OC)ccc21. The van der Waals surface area contributed by atoms with Gasteiger partial charge in [-0.3, -0.25) is 14.4 Å². The van der Waals surface area contributed by atoms with Crippen molar-refractivity contribution in [2.45, 2.75) is 196 Å². The Morgan fingerprint density at radius 2 is 1.65 bits per heavy atom. The number of hydrogen-bond donors (Lipinski definition) is 5. The number of aromatic carboxylic acids is 1. The highest BCUT2D eigenvalue weighted by molar-refractivity contribution is 14.1. The third-order valence-electron chi connectivity index (χ3n) is 15.9. The number of aliphatic hydroxyl groups excluding tert-OH is 1. The number of aromatic nitrogens is 1. The van der Waals surface area contributed by atoms with E-state index < -0.39 is 105 Å². The second-order valence-corrected chi connectivity index (χ2v) is 23.8. The molecule has 3 unspecified atom stereocenters. The molecule has 4 heterocycles. The molecule has 5 rings (SSSR count). The minimum Gasteiger partial charge on any atom is -0.477 e. The summed E-state index contributed by atoms with van der Waals surface area (Å²) in [4.78, 5) is 56.6. The smallest absolute Gasteiger partial charge is 0.341 e. The molecule has 3 aliphatic heterocycles. The highest BCUT2D eigenvalue weighted by Crippen LogP contribution is 2.41. The van der Waals surface area contributed by atoms with E-state index in [1.54, 1.807) is 51.3 Å². The molecule has 22 heteroatoms. The number of halogens is 1. The van der Waals surface area contributed by atoms with E-state index in [9.17, 15) is 39.6 Å². The number of carboxylic acid groups (broad SMARTS) is 1. The number of ether oxygens (including phenoxy) is 9. The predicted molar refractivity (Wildman–Crippen MR) is 295 cm³/mol. The standard InChI is InChI=1S/C55H89IN4O17/c1-16-60-28-38(49(64)65)43(62)37-24-36(17-18-39(37)60)29-71-22-21-57-20-19-41(61)74-48-35(7)73-42(26-54(48,9)70-15)75-45-32(4)46(76-51-44(63)40(58(11)12)23-31(3)72-51)53(8,67)25-30(2)27-59(13)34(6)47(69-14)55(10,68)52(56)77-50(66)33(45)5/h17-18,24,28,30-35,40,42,44-48,51-52,57,63,67-68H,16,19-23,25-27,29H2,1-15H3,(H,64,65)/t30-,31-,32?,33-,34-,35+,40+,42?,44-,45+,46-,47-,48+,51?,52+,53-,54-,55+/m1/s1. The second kappa shape index (κ2) is 27.7. The van der Waals surface area contributed by atoms with Crippen LogP contribution in [0.5, 0.6) is 0 Å². The zero-order valence-electron chi connectivity index (χ0n) is 47.9. The van der Waals surface area contributed by atoms with Gasteiger partial charge in [-0.2, -0.15) is 0 Å². The van der Waals surface area contributed by atoms with Gasteiger partial charge in [-0.05, 0) is 136 Å². The number of esters is 2. The number of benzene rings is 1. The van der Waals surface area contributed by atoms with Crippen LogP contribution in [0, 0.1) is 17.8 Å². The lowest BCUT2D eigenvalue weighted by Gasteiger charge is -2.49. The molecular formula is C55H89IN4O17. The van der Waals surface area contributed by atoms with Gasteiger partial charge in [-0.15, -0.1) is 0 Å². The molecule has 18 atom stereocenters. The van der Waals surface area contributed by atoms with Crippen LogP contribution in [0.3, 0.4) is 0 Å². The van der Waals surface area contributed by atoms with Gasteiger partial charge >= 0.3 is 17.9 Å². The molecule has 3 fully saturated rings. The van der Waals surface area contributed by atoms with Crippen LogP contribution in [0.25, 0.3) is 10.9 Å². The Bertz CT molecular complexity index is 2340. The number of aryl methyl sites for hydroxylation is 1. The second-order valence-electron chi connectivity index (χ2n) is 22.6. The van der Waals surface area contributed by atoms with E-state index >= 15 is 0 Å². The maximum absolute atomic E-state index is 14.5. The monoisotopic (exact) mass is 1200 g/mol. The van der Waals surface area contributed by atoms with Gasteiger partial charge < -0.3 is 82.7 Å². The Kier molecular flexibility index (Phi) is 23.3. The number of nitrogens with one attached hydrogen (secondary N) is 1. The van der Waals surface area contributed by atoms with Gasteiger partial charge in [0.05, 0.1) is 61.1 Å². The van der Waals surface area contributed by atoms with Crippen LogP contribution in [0.4, 0.5) is 0 Å². The van der Waals surface area contributed by atoms with Crippen molar-refractivity contribution in [3.05, 3.63) is 45.7 Å². The van der Waals surface area contributed by atoms with E-state index in [-0.39, 0.29) is 68.7 Å². The first kappa shape index (κ1) is 64.9. The summed E-state index contributed by atoms with van der Waals surface area (Å²) in [5.74, 6) is -4.52. The van der Waals surface area contributed by atoms with Crippen molar-refractivity contribution in [1.82, 2.24) is 19.7 Å². The molecule has 0 aliphatic carbocycles. The minimum atomic E-state index is -1.66. The van der Waals surface area contributed by atoms with Crippen molar-refractivity contribution in [2.75, 3.05) is 61.6 Å². The van der Waals surface area contributed by atoms with Crippen molar-refractivity contribution < 1.29 is 77.4 Å². The number of carboxylic acids is 1. The number of carbonyl (C=O) groups excluding carboxylic acids is 2. The lowest BCUT2D eigenvalue weighted by atomic mass is 9.77. The van der Waals surface area contributed by atoms with Crippen LogP contribution in [0.1, 0.15) is 111 Å². The highest BCUT2D eigenvalue weighted by atomic mass is 127. The lowest BCUT2D eigenvalue weighted by molar-refractivity contribution is -0.318. The Balaban J connectivity index is 1.31. The molecule has 5 N–H and O–H groups in total. The molecule has 0 bridgehead atoms. The number of alkyl halides is 1. The fourth-order valence-electron chi connectivity index (χ4n) is 11.6. The van der Waals surface area contributed by atoms with E-state index in [0.717, 1.165) is 0 Å². The summed E-state index contributed by atoms with van der Waals surface area (Å²) >= 11 is 1.92. The van der Waals surface area contributed by atoms with Crippen LogP contribution < -0.4 is 10.7 Å². The molecule has 0 saturated carbocycles. The predicted octanol–water partition coefficient (Wildman–Crippen LogP) is 4.32. The summed E-state index contributed by atoms with van der Waals surface area (Å²) in [7, 11) is 8.68. The number of nitrogens with zero attached hydrogens (tertiary/aromatic N) is 3. The molecule has 21 nitrogen and oxygen atoms in total. The van der Waals surface area contributed by atoms with Gasteiger partial charge in [0.2, 0.25) is 5.43 Å². The number of aliphatic hydroxyl groups is 3. The number of methoxy groups -OCH3 is 2. The van der Waals surface area contributed by atoms with Gasteiger partial charge in [-0.25, -0.2) is 4.79 Å². The van der Waals surface area contributed by atoms with E-state index in [4.69, 9.17) is 42.6 Å². The number of likely N-dealkylation sites (N-methyl/N-ethyl adjacent to an activating group) is 2. The first-order valence-electron chi connectivity index (χ1n) is 26.9.